The van der Waals surface area contributed by atoms with Gasteiger partial charge in [0.2, 0.25) is 5.88 Å². The second kappa shape index (κ2) is 7.90. The topological polar surface area (TPSA) is 116 Å². The minimum atomic E-state index is -0.535. The number of benzene rings is 1. The SMILES string of the molecule is CCOC1=CN=C(C(N)=O)CN1c1ccccc1CCC1COC(N)=N1. The Morgan fingerprint density at radius 1 is 1.42 bits per heavy atom. The van der Waals surface area contributed by atoms with E-state index in [1.165, 1.54) is 0 Å². The van der Waals surface area contributed by atoms with E-state index in [1.54, 1.807) is 6.20 Å². The summed E-state index contributed by atoms with van der Waals surface area (Å²) in [5.41, 5.74) is 13.4. The third-order valence-electron chi connectivity index (χ3n) is 4.24. The van der Waals surface area contributed by atoms with Gasteiger partial charge < -0.3 is 25.8 Å². The molecule has 26 heavy (non-hydrogen) atoms. The molecule has 1 aromatic rings. The van der Waals surface area contributed by atoms with E-state index in [0.717, 1.165) is 24.1 Å². The van der Waals surface area contributed by atoms with E-state index >= 15 is 0 Å². The van der Waals surface area contributed by atoms with Gasteiger partial charge in [-0.1, -0.05) is 18.2 Å². The van der Waals surface area contributed by atoms with Crippen LogP contribution in [0, 0.1) is 0 Å². The first-order valence-corrected chi connectivity index (χ1v) is 8.59. The number of para-hydroxylation sites is 1. The summed E-state index contributed by atoms with van der Waals surface area (Å²) in [4.78, 5) is 21.9. The molecule has 138 valence electrons. The third kappa shape index (κ3) is 3.96. The van der Waals surface area contributed by atoms with E-state index < -0.39 is 5.91 Å². The maximum Gasteiger partial charge on any atom is 0.282 e. The van der Waals surface area contributed by atoms with Crippen LogP contribution >= 0.6 is 0 Å². The Morgan fingerprint density at radius 2 is 2.23 bits per heavy atom. The largest absolute Gasteiger partial charge is 0.478 e. The fourth-order valence-electron chi connectivity index (χ4n) is 2.97. The molecule has 0 aromatic heterocycles. The molecular formula is C18H23N5O3. The number of primary amides is 1. The van der Waals surface area contributed by atoms with Crippen molar-refractivity contribution in [3.05, 3.63) is 41.9 Å². The Hall–Kier alpha value is -3.03. The normalized spacial score (nSPS) is 19.3. The van der Waals surface area contributed by atoms with E-state index in [4.69, 9.17) is 20.9 Å². The Kier molecular flexibility index (Phi) is 5.40. The van der Waals surface area contributed by atoms with Crippen molar-refractivity contribution in [2.45, 2.75) is 25.8 Å². The van der Waals surface area contributed by atoms with Crippen LogP contribution in [0.15, 0.2) is 46.3 Å². The van der Waals surface area contributed by atoms with Crippen molar-refractivity contribution in [1.29, 1.82) is 0 Å². The van der Waals surface area contributed by atoms with Gasteiger partial charge in [0, 0.05) is 5.69 Å². The van der Waals surface area contributed by atoms with E-state index in [1.807, 2.05) is 30.0 Å². The molecule has 2 aliphatic heterocycles. The van der Waals surface area contributed by atoms with Gasteiger partial charge >= 0.3 is 0 Å². The number of amides is 1. The van der Waals surface area contributed by atoms with Crippen molar-refractivity contribution in [3.8, 4) is 0 Å². The monoisotopic (exact) mass is 357 g/mol. The molecule has 0 saturated heterocycles. The van der Waals surface area contributed by atoms with Crippen molar-refractivity contribution in [2.75, 3.05) is 24.7 Å². The fraction of sp³-hybridized carbons (Fsp3) is 0.389. The highest BCUT2D eigenvalue weighted by Gasteiger charge is 2.25. The summed E-state index contributed by atoms with van der Waals surface area (Å²) in [6.45, 7) is 3.19. The molecule has 1 amide bonds. The number of ether oxygens (including phenoxy) is 2. The lowest BCUT2D eigenvalue weighted by molar-refractivity contribution is -0.112. The molecule has 3 rings (SSSR count). The molecular weight excluding hydrogens is 334 g/mol. The third-order valence-corrected chi connectivity index (χ3v) is 4.24. The molecule has 8 nitrogen and oxygen atoms in total. The molecule has 0 saturated carbocycles. The standard InChI is InChI=1S/C18H23N5O3/c1-2-25-16-9-21-14(17(19)24)10-23(16)15-6-4-3-5-12(15)7-8-13-11-26-18(20)22-13/h3-6,9,13H,2,7-8,10-11H2,1H3,(H2,19,24)(H2,20,22). The van der Waals surface area contributed by atoms with Gasteiger partial charge in [0.1, 0.15) is 12.3 Å². The van der Waals surface area contributed by atoms with Crippen LogP contribution < -0.4 is 16.4 Å². The Labute approximate surface area is 152 Å². The van der Waals surface area contributed by atoms with Crippen molar-refractivity contribution >= 4 is 23.3 Å². The van der Waals surface area contributed by atoms with Crippen LogP contribution in [0.4, 0.5) is 5.69 Å². The minimum absolute atomic E-state index is 0.0639. The molecule has 1 aromatic carbocycles. The van der Waals surface area contributed by atoms with Gasteiger partial charge in [0.25, 0.3) is 11.9 Å². The van der Waals surface area contributed by atoms with Gasteiger partial charge in [-0.05, 0) is 31.4 Å². The van der Waals surface area contributed by atoms with E-state index in [0.29, 0.717) is 24.8 Å². The van der Waals surface area contributed by atoms with E-state index in [2.05, 4.69) is 16.1 Å². The molecule has 0 spiro atoms. The van der Waals surface area contributed by atoms with E-state index in [9.17, 15) is 4.79 Å². The number of amidine groups is 1. The maximum absolute atomic E-state index is 11.6. The number of aliphatic imine (C=N–C) groups is 2. The summed E-state index contributed by atoms with van der Waals surface area (Å²) in [6, 6.07) is 8.30. The van der Waals surface area contributed by atoms with Gasteiger partial charge in [-0.2, -0.15) is 0 Å². The Bertz CT molecular complexity index is 772. The van der Waals surface area contributed by atoms with Crippen LogP contribution in [0.2, 0.25) is 0 Å². The lowest BCUT2D eigenvalue weighted by Gasteiger charge is -2.30. The van der Waals surface area contributed by atoms with Crippen molar-refractivity contribution < 1.29 is 14.3 Å². The molecule has 2 aliphatic rings. The zero-order valence-corrected chi connectivity index (χ0v) is 14.7. The molecule has 0 fully saturated rings. The number of nitrogens with two attached hydrogens (primary N) is 2. The number of carbonyl (C=O) groups is 1. The molecule has 0 bridgehead atoms. The number of hydrogen-bond donors (Lipinski definition) is 2. The molecule has 4 N–H and O–H groups in total. The highest BCUT2D eigenvalue weighted by atomic mass is 16.5. The summed E-state index contributed by atoms with van der Waals surface area (Å²) in [7, 11) is 0. The van der Waals surface area contributed by atoms with Crippen LogP contribution in [0.3, 0.4) is 0 Å². The second-order valence-corrected chi connectivity index (χ2v) is 6.03. The first-order chi connectivity index (χ1) is 12.6. The number of hydrogen-bond acceptors (Lipinski definition) is 7. The van der Waals surface area contributed by atoms with Crippen LogP contribution in [0.25, 0.3) is 0 Å². The van der Waals surface area contributed by atoms with Crippen LogP contribution in [-0.2, 0) is 20.7 Å². The molecule has 8 heteroatoms. The summed E-state index contributed by atoms with van der Waals surface area (Å²) in [5, 5.41) is 0. The summed E-state index contributed by atoms with van der Waals surface area (Å²) in [6.07, 6.45) is 3.15. The molecule has 0 aliphatic carbocycles. The van der Waals surface area contributed by atoms with Crippen LogP contribution in [0.1, 0.15) is 18.9 Å². The average molecular weight is 357 g/mol. The van der Waals surface area contributed by atoms with Crippen molar-refractivity contribution in [1.82, 2.24) is 0 Å². The predicted molar refractivity (Wildman–Crippen MR) is 99.8 cm³/mol. The summed E-state index contributed by atoms with van der Waals surface area (Å²) in [5.74, 6) is 0.0589. The summed E-state index contributed by atoms with van der Waals surface area (Å²) >= 11 is 0. The maximum atomic E-state index is 11.6. The molecule has 0 radical (unpaired) electrons. The van der Waals surface area contributed by atoms with Crippen LogP contribution in [-0.4, -0.2) is 43.4 Å². The van der Waals surface area contributed by atoms with Gasteiger partial charge in [-0.15, -0.1) is 0 Å². The highest BCUT2D eigenvalue weighted by Crippen LogP contribution is 2.28. The number of anilines is 1. The van der Waals surface area contributed by atoms with Gasteiger partial charge in [-0.3, -0.25) is 4.79 Å². The zero-order valence-electron chi connectivity index (χ0n) is 14.7. The first kappa shape index (κ1) is 17.8. The molecule has 1 atom stereocenters. The Balaban J connectivity index is 1.82. The highest BCUT2D eigenvalue weighted by molar-refractivity contribution is 6.40. The van der Waals surface area contributed by atoms with Crippen molar-refractivity contribution in [2.24, 2.45) is 21.5 Å². The molecule has 2 heterocycles. The minimum Gasteiger partial charge on any atom is -0.478 e. The lowest BCUT2D eigenvalue weighted by atomic mass is 10.0. The zero-order chi connectivity index (χ0) is 18.5. The Morgan fingerprint density at radius 3 is 2.92 bits per heavy atom. The number of aryl methyl sites for hydroxylation is 1. The van der Waals surface area contributed by atoms with Gasteiger partial charge in [0.15, 0.2) is 0 Å². The summed E-state index contributed by atoms with van der Waals surface area (Å²) < 4.78 is 10.9. The lowest BCUT2D eigenvalue weighted by Crippen LogP contribution is -2.39. The van der Waals surface area contributed by atoms with Gasteiger partial charge in [-0.25, -0.2) is 9.98 Å². The van der Waals surface area contributed by atoms with E-state index in [-0.39, 0.29) is 18.6 Å². The van der Waals surface area contributed by atoms with Crippen molar-refractivity contribution in [3.63, 3.8) is 0 Å². The van der Waals surface area contributed by atoms with Crippen LogP contribution in [0.5, 0.6) is 0 Å². The first-order valence-electron chi connectivity index (χ1n) is 8.59. The van der Waals surface area contributed by atoms with Gasteiger partial charge in [0.05, 0.1) is 25.4 Å². The number of carbonyl (C=O) groups excluding carboxylic acids is 1. The predicted octanol–water partition coefficient (Wildman–Crippen LogP) is 0.914. The molecule has 1 unspecified atom stereocenters. The smallest absolute Gasteiger partial charge is 0.282 e. The quantitative estimate of drug-likeness (QED) is 0.753. The number of rotatable bonds is 7. The second-order valence-electron chi connectivity index (χ2n) is 6.03. The number of nitrogens with zero attached hydrogens (tertiary/aromatic N) is 3. The average Bonchev–Trinajstić information content (AvgIpc) is 3.06. The fourth-order valence-corrected chi connectivity index (χ4v) is 2.97.